The minimum absolute atomic E-state index is 0.284. The van der Waals surface area contributed by atoms with Gasteiger partial charge in [-0.05, 0) is 25.5 Å². The summed E-state index contributed by atoms with van der Waals surface area (Å²) in [5, 5.41) is 4.62. The van der Waals surface area contributed by atoms with Gasteiger partial charge >= 0.3 is 5.97 Å². The fourth-order valence-corrected chi connectivity index (χ4v) is 2.77. The summed E-state index contributed by atoms with van der Waals surface area (Å²) in [5.41, 5.74) is 1.86. The number of methoxy groups -OCH3 is 1. The number of esters is 1. The van der Waals surface area contributed by atoms with E-state index in [4.69, 9.17) is 13.9 Å². The van der Waals surface area contributed by atoms with Crippen LogP contribution in [0.1, 0.15) is 26.7 Å². The van der Waals surface area contributed by atoms with Crippen molar-refractivity contribution in [3.8, 4) is 5.75 Å². The van der Waals surface area contributed by atoms with Gasteiger partial charge in [0, 0.05) is 23.3 Å². The molecule has 0 bridgehead atoms. The fraction of sp³-hybridized carbons (Fsp3) is 0.300. The van der Waals surface area contributed by atoms with Gasteiger partial charge in [0.1, 0.15) is 16.9 Å². The van der Waals surface area contributed by atoms with Gasteiger partial charge in [0.05, 0.1) is 12.8 Å². The fourth-order valence-electron chi connectivity index (χ4n) is 2.77. The summed E-state index contributed by atoms with van der Waals surface area (Å²) >= 11 is 0. The summed E-state index contributed by atoms with van der Waals surface area (Å²) < 4.78 is 16.4. The number of rotatable bonds is 6. The van der Waals surface area contributed by atoms with Crippen LogP contribution in [0.15, 0.2) is 40.8 Å². The molecule has 2 aromatic carbocycles. The monoisotopic (exact) mass is 355 g/mol. The lowest BCUT2D eigenvalue weighted by Gasteiger charge is -2.15. The van der Waals surface area contributed by atoms with Crippen molar-refractivity contribution >= 4 is 39.5 Å². The van der Waals surface area contributed by atoms with Crippen LogP contribution >= 0.6 is 0 Å². The molecule has 0 aliphatic carbocycles. The Kier molecular flexibility index (Phi) is 5.11. The molecule has 0 radical (unpaired) electrons. The minimum atomic E-state index is -0.898. The predicted octanol–water partition coefficient (Wildman–Crippen LogP) is 4.26. The zero-order valence-corrected chi connectivity index (χ0v) is 15.0. The van der Waals surface area contributed by atoms with Crippen molar-refractivity contribution < 1.29 is 23.5 Å². The molecule has 0 saturated carbocycles. The zero-order valence-electron chi connectivity index (χ0n) is 15.0. The van der Waals surface area contributed by atoms with Crippen LogP contribution in [-0.2, 0) is 14.3 Å². The molecule has 136 valence electrons. The number of fused-ring (bicyclic) bond motifs is 3. The van der Waals surface area contributed by atoms with E-state index < -0.39 is 18.0 Å². The maximum atomic E-state index is 12.4. The summed E-state index contributed by atoms with van der Waals surface area (Å²) in [6.45, 7) is 3.41. The molecule has 1 aromatic heterocycles. The van der Waals surface area contributed by atoms with Gasteiger partial charge in [0.15, 0.2) is 6.10 Å². The number of hydrogen-bond donors (Lipinski definition) is 1. The highest BCUT2D eigenvalue weighted by Crippen LogP contribution is 2.36. The van der Waals surface area contributed by atoms with E-state index >= 15 is 0 Å². The molecule has 1 N–H and O–H groups in total. The lowest BCUT2D eigenvalue weighted by Crippen LogP contribution is -2.30. The molecular formula is C20H21NO5. The second-order valence-corrected chi connectivity index (χ2v) is 6.02. The summed E-state index contributed by atoms with van der Waals surface area (Å²) in [6.07, 6.45) is 0.0559. The molecule has 1 amide bonds. The summed E-state index contributed by atoms with van der Waals surface area (Å²) in [4.78, 5) is 23.9. The molecule has 0 saturated heterocycles. The van der Waals surface area contributed by atoms with E-state index in [1.54, 1.807) is 6.07 Å². The molecule has 0 unspecified atom stereocenters. The SMILES string of the molecule is CCCC(=O)O[C@H](C)C(=O)Nc1cc2oc3ccccc3c2cc1OC. The number of nitrogens with one attached hydrogen (secondary N) is 1. The van der Waals surface area contributed by atoms with E-state index in [1.807, 2.05) is 37.3 Å². The molecule has 3 aromatic rings. The Morgan fingerprint density at radius 2 is 1.92 bits per heavy atom. The van der Waals surface area contributed by atoms with E-state index in [2.05, 4.69) is 5.32 Å². The molecule has 26 heavy (non-hydrogen) atoms. The van der Waals surface area contributed by atoms with Gasteiger partial charge in [-0.3, -0.25) is 9.59 Å². The Labute approximate surface area is 151 Å². The van der Waals surface area contributed by atoms with Gasteiger partial charge in [0.25, 0.3) is 5.91 Å². The molecule has 1 heterocycles. The van der Waals surface area contributed by atoms with Gasteiger partial charge in [0.2, 0.25) is 0 Å². The molecule has 3 rings (SSSR count). The number of ether oxygens (including phenoxy) is 2. The van der Waals surface area contributed by atoms with Crippen LogP contribution in [0.25, 0.3) is 21.9 Å². The third kappa shape index (κ3) is 3.49. The molecule has 0 aliphatic rings. The van der Waals surface area contributed by atoms with E-state index in [0.717, 1.165) is 16.4 Å². The Bertz CT molecular complexity index is 959. The highest BCUT2D eigenvalue weighted by atomic mass is 16.5. The van der Waals surface area contributed by atoms with Crippen LogP contribution in [0.4, 0.5) is 5.69 Å². The van der Waals surface area contributed by atoms with Gasteiger partial charge in [-0.15, -0.1) is 0 Å². The lowest BCUT2D eigenvalue weighted by atomic mass is 10.1. The van der Waals surface area contributed by atoms with Crippen molar-refractivity contribution in [2.45, 2.75) is 32.8 Å². The van der Waals surface area contributed by atoms with Crippen molar-refractivity contribution in [3.05, 3.63) is 36.4 Å². The molecule has 6 nitrogen and oxygen atoms in total. The number of carbonyl (C=O) groups is 2. The molecule has 1 atom stereocenters. The first-order valence-corrected chi connectivity index (χ1v) is 8.53. The second kappa shape index (κ2) is 7.47. The second-order valence-electron chi connectivity index (χ2n) is 6.02. The normalized spacial score (nSPS) is 12.1. The van der Waals surface area contributed by atoms with E-state index in [-0.39, 0.29) is 6.42 Å². The van der Waals surface area contributed by atoms with Crippen LogP contribution in [0.3, 0.4) is 0 Å². The molecule has 6 heteroatoms. The third-order valence-corrected chi connectivity index (χ3v) is 4.09. The smallest absolute Gasteiger partial charge is 0.306 e. The van der Waals surface area contributed by atoms with Gasteiger partial charge in [-0.1, -0.05) is 25.1 Å². The lowest BCUT2D eigenvalue weighted by molar-refractivity contribution is -0.153. The van der Waals surface area contributed by atoms with Crippen LogP contribution in [0.5, 0.6) is 5.75 Å². The summed E-state index contributed by atoms with van der Waals surface area (Å²) in [7, 11) is 1.53. The average Bonchev–Trinajstić information content (AvgIpc) is 2.98. The van der Waals surface area contributed by atoms with Crippen molar-refractivity contribution in [3.63, 3.8) is 0 Å². The first-order valence-electron chi connectivity index (χ1n) is 8.53. The van der Waals surface area contributed by atoms with Crippen molar-refractivity contribution in [1.29, 1.82) is 0 Å². The van der Waals surface area contributed by atoms with Gasteiger partial charge in [-0.25, -0.2) is 0 Å². The Morgan fingerprint density at radius 1 is 1.15 bits per heavy atom. The first kappa shape index (κ1) is 17.8. The van der Waals surface area contributed by atoms with Crippen molar-refractivity contribution in [2.75, 3.05) is 12.4 Å². The Balaban J connectivity index is 1.88. The van der Waals surface area contributed by atoms with Gasteiger partial charge in [-0.2, -0.15) is 0 Å². The summed E-state index contributed by atoms with van der Waals surface area (Å²) in [6, 6.07) is 11.2. The maximum absolute atomic E-state index is 12.4. The third-order valence-electron chi connectivity index (χ3n) is 4.09. The van der Waals surface area contributed by atoms with Crippen LogP contribution in [-0.4, -0.2) is 25.1 Å². The topological polar surface area (TPSA) is 77.8 Å². The zero-order chi connectivity index (χ0) is 18.7. The quantitative estimate of drug-likeness (QED) is 0.668. The largest absolute Gasteiger partial charge is 0.495 e. The number of anilines is 1. The van der Waals surface area contributed by atoms with Crippen molar-refractivity contribution in [1.82, 2.24) is 0 Å². The molecular weight excluding hydrogens is 334 g/mol. The molecule has 0 spiro atoms. The number of para-hydroxylation sites is 1. The van der Waals surface area contributed by atoms with E-state index in [1.165, 1.54) is 14.0 Å². The predicted molar refractivity (Wildman–Crippen MR) is 99.4 cm³/mol. The number of benzene rings is 2. The van der Waals surface area contributed by atoms with Gasteiger partial charge < -0.3 is 19.2 Å². The Hall–Kier alpha value is -3.02. The number of amides is 1. The number of hydrogen-bond acceptors (Lipinski definition) is 5. The average molecular weight is 355 g/mol. The Morgan fingerprint density at radius 3 is 2.65 bits per heavy atom. The van der Waals surface area contributed by atoms with Crippen LogP contribution < -0.4 is 10.1 Å². The van der Waals surface area contributed by atoms with Crippen LogP contribution in [0.2, 0.25) is 0 Å². The number of carbonyl (C=O) groups excluding carboxylic acids is 2. The number of furan rings is 1. The van der Waals surface area contributed by atoms with E-state index in [0.29, 0.717) is 23.4 Å². The summed E-state index contributed by atoms with van der Waals surface area (Å²) in [5.74, 6) is -0.317. The maximum Gasteiger partial charge on any atom is 0.306 e. The van der Waals surface area contributed by atoms with Crippen LogP contribution in [0, 0.1) is 0 Å². The molecule has 0 aliphatic heterocycles. The highest BCUT2D eigenvalue weighted by molar-refractivity contribution is 6.08. The minimum Gasteiger partial charge on any atom is -0.495 e. The first-order chi connectivity index (χ1) is 12.5. The van der Waals surface area contributed by atoms with Crippen molar-refractivity contribution in [2.24, 2.45) is 0 Å². The standard InChI is InChI=1S/C20H21NO5/c1-4-7-19(22)25-12(2)20(23)21-15-11-17-14(10-18(15)24-3)13-8-5-6-9-16(13)26-17/h5-6,8-12H,4,7H2,1-3H3,(H,21,23)/t12-/m1/s1. The highest BCUT2D eigenvalue weighted by Gasteiger charge is 2.20. The molecule has 0 fully saturated rings. The van der Waals surface area contributed by atoms with E-state index in [9.17, 15) is 9.59 Å².